The molecule has 246 valence electrons. The topological polar surface area (TPSA) is 38.7 Å². The summed E-state index contributed by atoms with van der Waals surface area (Å²) in [5.41, 5.74) is 16.7. The number of nitrogens with zero attached hydrogens (tertiary/aromatic N) is 3. The minimum Gasteiger partial charge on any atom is -0.208 e. The molecule has 0 N–H and O–H groups in total. The van der Waals surface area contributed by atoms with Gasteiger partial charge in [-0.05, 0) is 91.4 Å². The van der Waals surface area contributed by atoms with Crippen LogP contribution in [0.4, 0.5) is 0 Å². The van der Waals surface area contributed by atoms with Crippen LogP contribution in [0.15, 0.2) is 140 Å². The molecule has 0 aliphatic heterocycles. The normalized spacial score (nSPS) is 19.4. The van der Waals surface area contributed by atoms with Gasteiger partial charge < -0.3 is 0 Å². The van der Waals surface area contributed by atoms with Crippen molar-refractivity contribution in [1.82, 2.24) is 15.0 Å². The van der Waals surface area contributed by atoms with E-state index in [2.05, 4.69) is 143 Å². The Bertz CT molecular complexity index is 2510. The van der Waals surface area contributed by atoms with Gasteiger partial charge in [0.2, 0.25) is 0 Å². The average Bonchev–Trinajstić information content (AvgIpc) is 3.94. The molecule has 3 heteroatoms. The van der Waals surface area contributed by atoms with Crippen molar-refractivity contribution in [3.05, 3.63) is 162 Å². The van der Waals surface area contributed by atoms with Gasteiger partial charge in [0, 0.05) is 22.1 Å². The second kappa shape index (κ2) is 10.9. The molecule has 3 nitrogen and oxygen atoms in total. The van der Waals surface area contributed by atoms with E-state index >= 15 is 0 Å². The van der Waals surface area contributed by atoms with E-state index in [9.17, 15) is 0 Å². The number of hydrogen-bond acceptors (Lipinski definition) is 3. The Hall–Kier alpha value is -5.67. The third kappa shape index (κ3) is 4.54. The third-order valence-electron chi connectivity index (χ3n) is 12.1. The standard InChI is InChI=1S/C48H39N3/c1-47(2,3)48(4)41-21-12-11-20-34(41)37-25-24-36-39-28-40(39)38-27-33(22-23-35(38)42(36)43(37)48)46-50-44(30-16-9-6-10-17-30)49-45(51-46)32-19-13-18-31(26-32)29-14-7-5-8-15-29/h5-27,39-40H,28H2,1-4H3. The smallest absolute Gasteiger partial charge is 0.164 e. The van der Waals surface area contributed by atoms with Gasteiger partial charge in [0.15, 0.2) is 17.5 Å². The van der Waals surface area contributed by atoms with Crippen LogP contribution in [-0.4, -0.2) is 15.0 Å². The molecule has 0 amide bonds. The maximum atomic E-state index is 5.18. The molecule has 3 aliphatic carbocycles. The van der Waals surface area contributed by atoms with Gasteiger partial charge in [-0.15, -0.1) is 0 Å². The Morgan fingerprint density at radius 2 is 1.06 bits per heavy atom. The molecule has 0 saturated heterocycles. The molecular formula is C48H39N3. The van der Waals surface area contributed by atoms with Gasteiger partial charge in [0.1, 0.15) is 0 Å². The minimum atomic E-state index is -0.121. The zero-order valence-electron chi connectivity index (χ0n) is 29.5. The van der Waals surface area contributed by atoms with E-state index in [4.69, 9.17) is 15.0 Å². The predicted molar refractivity (Wildman–Crippen MR) is 208 cm³/mol. The lowest BCUT2D eigenvalue weighted by Crippen LogP contribution is -2.37. The zero-order chi connectivity index (χ0) is 34.5. The van der Waals surface area contributed by atoms with E-state index in [1.54, 1.807) is 0 Å². The quantitative estimate of drug-likeness (QED) is 0.189. The first-order valence-electron chi connectivity index (χ1n) is 18.2. The highest BCUT2D eigenvalue weighted by Crippen LogP contribution is 2.67. The molecule has 10 rings (SSSR count). The lowest BCUT2D eigenvalue weighted by molar-refractivity contribution is 0.255. The van der Waals surface area contributed by atoms with E-state index in [-0.39, 0.29) is 10.8 Å². The monoisotopic (exact) mass is 657 g/mol. The Balaban J connectivity index is 1.14. The van der Waals surface area contributed by atoms with Crippen molar-refractivity contribution in [3.8, 4) is 67.5 Å². The van der Waals surface area contributed by atoms with E-state index < -0.39 is 0 Å². The molecule has 1 aromatic heterocycles. The van der Waals surface area contributed by atoms with Crippen molar-refractivity contribution >= 4 is 0 Å². The second-order valence-electron chi connectivity index (χ2n) is 15.7. The fourth-order valence-electron chi connectivity index (χ4n) is 8.97. The largest absolute Gasteiger partial charge is 0.208 e. The summed E-state index contributed by atoms with van der Waals surface area (Å²) in [5, 5.41) is 0. The highest BCUT2D eigenvalue weighted by molar-refractivity contribution is 5.93. The molecule has 1 fully saturated rings. The summed E-state index contributed by atoms with van der Waals surface area (Å²) in [6.07, 6.45) is 1.19. The van der Waals surface area contributed by atoms with Crippen molar-refractivity contribution in [2.24, 2.45) is 5.41 Å². The predicted octanol–water partition coefficient (Wildman–Crippen LogP) is 12.1. The van der Waals surface area contributed by atoms with Crippen LogP contribution in [0, 0.1) is 5.41 Å². The molecule has 51 heavy (non-hydrogen) atoms. The molecule has 3 atom stereocenters. The summed E-state index contributed by atoms with van der Waals surface area (Å²) >= 11 is 0. The molecule has 3 aliphatic rings. The van der Waals surface area contributed by atoms with Crippen molar-refractivity contribution in [2.75, 3.05) is 0 Å². The lowest BCUT2D eigenvalue weighted by Gasteiger charge is -2.43. The van der Waals surface area contributed by atoms with Gasteiger partial charge in [-0.1, -0.05) is 155 Å². The van der Waals surface area contributed by atoms with Gasteiger partial charge in [0.05, 0.1) is 0 Å². The van der Waals surface area contributed by atoms with Crippen LogP contribution in [0.2, 0.25) is 0 Å². The molecule has 0 radical (unpaired) electrons. The summed E-state index contributed by atoms with van der Waals surface area (Å²) in [7, 11) is 0. The Kier molecular flexibility index (Phi) is 6.46. The van der Waals surface area contributed by atoms with Gasteiger partial charge in [0.25, 0.3) is 0 Å². The molecule has 6 aromatic carbocycles. The first kappa shape index (κ1) is 30.2. The summed E-state index contributed by atoms with van der Waals surface area (Å²) in [6, 6.07) is 50.2. The fraction of sp³-hybridized carbons (Fsp3) is 0.188. The molecule has 1 heterocycles. The first-order valence-corrected chi connectivity index (χ1v) is 18.2. The lowest BCUT2D eigenvalue weighted by atomic mass is 9.60. The highest BCUT2D eigenvalue weighted by Gasteiger charge is 2.53. The van der Waals surface area contributed by atoms with E-state index in [1.165, 1.54) is 56.5 Å². The van der Waals surface area contributed by atoms with Crippen LogP contribution in [-0.2, 0) is 5.41 Å². The number of aromatic nitrogens is 3. The number of fused-ring (bicyclic) bond motifs is 10. The third-order valence-corrected chi connectivity index (χ3v) is 12.1. The minimum absolute atomic E-state index is 0.0247. The van der Waals surface area contributed by atoms with E-state index in [0.29, 0.717) is 29.3 Å². The van der Waals surface area contributed by atoms with Gasteiger partial charge >= 0.3 is 0 Å². The van der Waals surface area contributed by atoms with E-state index in [1.807, 2.05) is 24.3 Å². The average molecular weight is 658 g/mol. The van der Waals surface area contributed by atoms with Crippen LogP contribution in [0.5, 0.6) is 0 Å². The fourth-order valence-corrected chi connectivity index (χ4v) is 8.97. The van der Waals surface area contributed by atoms with Crippen LogP contribution < -0.4 is 0 Å². The number of rotatable bonds is 4. The van der Waals surface area contributed by atoms with E-state index in [0.717, 1.165) is 22.3 Å². The SMILES string of the molecule is CC(C)(C)C1(C)c2ccccc2-c2ccc3c(c21)-c1ccc(-c2nc(-c4ccccc4)nc(-c4cccc(-c5ccccc5)c4)n2)cc1C1CC31. The Morgan fingerprint density at radius 3 is 1.78 bits per heavy atom. The second-order valence-corrected chi connectivity index (χ2v) is 15.7. The van der Waals surface area contributed by atoms with Crippen molar-refractivity contribution in [2.45, 2.75) is 51.4 Å². The molecule has 1 saturated carbocycles. The van der Waals surface area contributed by atoms with Gasteiger partial charge in [-0.25, -0.2) is 15.0 Å². The Labute approximate surface area is 300 Å². The molecular weight excluding hydrogens is 619 g/mol. The van der Waals surface area contributed by atoms with Gasteiger partial charge in [-0.2, -0.15) is 0 Å². The zero-order valence-corrected chi connectivity index (χ0v) is 29.5. The summed E-state index contributed by atoms with van der Waals surface area (Å²) < 4.78 is 0. The summed E-state index contributed by atoms with van der Waals surface area (Å²) in [5.74, 6) is 3.15. The molecule has 3 unspecified atom stereocenters. The molecule has 7 aromatic rings. The first-order chi connectivity index (χ1) is 24.8. The van der Waals surface area contributed by atoms with Crippen LogP contribution in [0.1, 0.15) is 68.2 Å². The highest BCUT2D eigenvalue weighted by atomic mass is 15.0. The molecule has 0 bridgehead atoms. The summed E-state index contributed by atoms with van der Waals surface area (Å²) in [6.45, 7) is 9.70. The Morgan fingerprint density at radius 1 is 0.490 bits per heavy atom. The maximum Gasteiger partial charge on any atom is 0.164 e. The number of hydrogen-bond donors (Lipinski definition) is 0. The van der Waals surface area contributed by atoms with Crippen molar-refractivity contribution in [1.29, 1.82) is 0 Å². The van der Waals surface area contributed by atoms with Crippen LogP contribution >= 0.6 is 0 Å². The van der Waals surface area contributed by atoms with Gasteiger partial charge in [-0.3, -0.25) is 0 Å². The summed E-state index contributed by atoms with van der Waals surface area (Å²) in [4.78, 5) is 15.4. The van der Waals surface area contributed by atoms with Crippen LogP contribution in [0.25, 0.3) is 67.5 Å². The number of benzene rings is 6. The van der Waals surface area contributed by atoms with Crippen molar-refractivity contribution in [3.63, 3.8) is 0 Å². The van der Waals surface area contributed by atoms with Crippen LogP contribution in [0.3, 0.4) is 0 Å². The maximum absolute atomic E-state index is 5.18. The molecule has 0 spiro atoms. The van der Waals surface area contributed by atoms with Crippen molar-refractivity contribution < 1.29 is 0 Å².